The Kier molecular flexibility index (Phi) is 4.56. The molecule has 98 valence electrons. The summed E-state index contributed by atoms with van der Waals surface area (Å²) in [5.41, 5.74) is 1.17. The van der Waals surface area contributed by atoms with Gasteiger partial charge in [-0.1, -0.05) is 23.7 Å². The van der Waals surface area contributed by atoms with Crippen molar-refractivity contribution in [3.8, 4) is 0 Å². The highest BCUT2D eigenvalue weighted by Gasteiger charge is 2.07. The number of benzene rings is 2. The molecule has 0 spiro atoms. The molecule has 0 unspecified atom stereocenters. The van der Waals surface area contributed by atoms with Crippen LogP contribution < -0.4 is 5.32 Å². The van der Waals surface area contributed by atoms with E-state index in [4.69, 9.17) is 11.6 Å². The second kappa shape index (κ2) is 6.17. The molecular weight excluding hydrogens is 333 g/mol. The summed E-state index contributed by atoms with van der Waals surface area (Å²) in [5, 5.41) is 3.18. The molecule has 5 heteroatoms. The fourth-order valence-electron chi connectivity index (χ4n) is 1.57. The lowest BCUT2D eigenvalue weighted by atomic mass is 10.2. The Labute approximate surface area is 123 Å². The molecule has 19 heavy (non-hydrogen) atoms. The van der Waals surface area contributed by atoms with Gasteiger partial charge in [-0.15, -0.1) is 0 Å². The molecule has 0 aromatic heterocycles. The first-order valence-electron chi connectivity index (χ1n) is 5.54. The molecule has 2 rings (SSSR count). The lowest BCUT2D eigenvalue weighted by Crippen LogP contribution is -2.22. The molecule has 0 aliphatic carbocycles. The predicted molar refractivity (Wildman–Crippen MR) is 76.7 cm³/mol. The van der Waals surface area contributed by atoms with Crippen LogP contribution in [0.4, 0.5) is 4.39 Å². The topological polar surface area (TPSA) is 29.1 Å². The predicted octanol–water partition coefficient (Wildman–Crippen LogP) is 4.17. The Hall–Kier alpha value is -1.39. The van der Waals surface area contributed by atoms with Gasteiger partial charge in [-0.05, 0) is 51.8 Å². The molecule has 2 aromatic rings. The van der Waals surface area contributed by atoms with Crippen LogP contribution >= 0.6 is 27.5 Å². The quantitative estimate of drug-likeness (QED) is 0.891. The normalized spacial score (nSPS) is 10.3. The van der Waals surface area contributed by atoms with Crippen LogP contribution in [0.15, 0.2) is 46.9 Å². The van der Waals surface area contributed by atoms with Crippen molar-refractivity contribution in [3.63, 3.8) is 0 Å². The number of carbonyl (C=O) groups is 1. The molecule has 0 saturated carbocycles. The van der Waals surface area contributed by atoms with Crippen LogP contribution in [-0.2, 0) is 6.54 Å². The zero-order valence-electron chi connectivity index (χ0n) is 9.79. The molecule has 0 heterocycles. The largest absolute Gasteiger partial charge is 0.348 e. The van der Waals surface area contributed by atoms with E-state index in [-0.39, 0.29) is 18.3 Å². The number of carbonyl (C=O) groups excluding carboxylic acids is 1. The Balaban J connectivity index is 2.03. The smallest absolute Gasteiger partial charge is 0.251 e. The van der Waals surface area contributed by atoms with Crippen molar-refractivity contribution in [2.45, 2.75) is 6.54 Å². The van der Waals surface area contributed by atoms with Crippen molar-refractivity contribution < 1.29 is 9.18 Å². The van der Waals surface area contributed by atoms with E-state index in [0.29, 0.717) is 16.1 Å². The SMILES string of the molecule is O=C(NCc1cccc(F)c1)c1ccc(Br)c(Cl)c1. The minimum atomic E-state index is -0.321. The zero-order valence-corrected chi connectivity index (χ0v) is 12.1. The Morgan fingerprint density at radius 2 is 2.05 bits per heavy atom. The van der Waals surface area contributed by atoms with Crippen LogP contribution in [0.1, 0.15) is 15.9 Å². The first-order valence-corrected chi connectivity index (χ1v) is 6.71. The maximum atomic E-state index is 13.0. The molecule has 1 N–H and O–H groups in total. The summed E-state index contributed by atoms with van der Waals surface area (Å²) < 4.78 is 13.7. The highest BCUT2D eigenvalue weighted by Crippen LogP contribution is 2.23. The van der Waals surface area contributed by atoms with Crippen LogP contribution in [0.2, 0.25) is 5.02 Å². The van der Waals surface area contributed by atoms with Crippen molar-refractivity contribution in [1.29, 1.82) is 0 Å². The Morgan fingerprint density at radius 1 is 1.26 bits per heavy atom. The molecule has 1 amide bonds. The molecule has 0 fully saturated rings. The first kappa shape index (κ1) is 14.0. The molecule has 2 aromatic carbocycles. The number of hydrogen-bond acceptors (Lipinski definition) is 1. The standard InChI is InChI=1S/C14H10BrClFNO/c15-12-5-4-10(7-13(12)16)14(19)18-8-9-2-1-3-11(17)6-9/h1-7H,8H2,(H,18,19). The average Bonchev–Trinajstić information content (AvgIpc) is 2.39. The Bertz CT molecular complexity index is 618. The third-order valence-electron chi connectivity index (χ3n) is 2.52. The van der Waals surface area contributed by atoms with E-state index in [2.05, 4.69) is 21.2 Å². The van der Waals surface area contributed by atoms with Gasteiger partial charge in [0.2, 0.25) is 0 Å². The number of rotatable bonds is 3. The van der Waals surface area contributed by atoms with Crippen molar-refractivity contribution in [1.82, 2.24) is 5.32 Å². The number of hydrogen-bond donors (Lipinski definition) is 1. The maximum absolute atomic E-state index is 13.0. The average molecular weight is 343 g/mol. The van der Waals surface area contributed by atoms with E-state index < -0.39 is 0 Å². The molecule has 0 aliphatic rings. The summed E-state index contributed by atoms with van der Waals surface area (Å²) in [6.07, 6.45) is 0. The van der Waals surface area contributed by atoms with E-state index in [9.17, 15) is 9.18 Å². The van der Waals surface area contributed by atoms with E-state index in [0.717, 1.165) is 4.47 Å². The van der Waals surface area contributed by atoms with Crippen LogP contribution in [0, 0.1) is 5.82 Å². The van der Waals surface area contributed by atoms with E-state index in [1.807, 2.05) is 0 Å². The summed E-state index contributed by atoms with van der Waals surface area (Å²) >= 11 is 9.18. The molecule has 0 bridgehead atoms. The van der Waals surface area contributed by atoms with Crippen LogP contribution in [0.3, 0.4) is 0 Å². The number of nitrogens with one attached hydrogen (secondary N) is 1. The van der Waals surface area contributed by atoms with Crippen molar-refractivity contribution in [2.75, 3.05) is 0 Å². The zero-order chi connectivity index (χ0) is 13.8. The van der Waals surface area contributed by atoms with Crippen LogP contribution in [-0.4, -0.2) is 5.91 Å². The van der Waals surface area contributed by atoms with Crippen LogP contribution in [0.25, 0.3) is 0 Å². The van der Waals surface area contributed by atoms with Gasteiger partial charge in [-0.25, -0.2) is 4.39 Å². The molecule has 2 nitrogen and oxygen atoms in total. The summed E-state index contributed by atoms with van der Waals surface area (Å²) in [4.78, 5) is 11.9. The van der Waals surface area contributed by atoms with E-state index in [1.165, 1.54) is 12.1 Å². The lowest BCUT2D eigenvalue weighted by molar-refractivity contribution is 0.0951. The summed E-state index contributed by atoms with van der Waals surface area (Å²) in [7, 11) is 0. The van der Waals surface area contributed by atoms with E-state index in [1.54, 1.807) is 30.3 Å². The minimum Gasteiger partial charge on any atom is -0.348 e. The fourth-order valence-corrected chi connectivity index (χ4v) is 2.00. The second-order valence-electron chi connectivity index (χ2n) is 3.94. The minimum absolute atomic E-state index is 0.251. The molecule has 0 aliphatic heterocycles. The summed E-state index contributed by atoms with van der Waals surface area (Å²) in [6.45, 7) is 0.268. The fraction of sp³-hybridized carbons (Fsp3) is 0.0714. The summed E-state index contributed by atoms with van der Waals surface area (Å²) in [5.74, 6) is -0.572. The molecular formula is C14H10BrClFNO. The van der Waals surface area contributed by atoms with Gasteiger partial charge < -0.3 is 5.32 Å². The third kappa shape index (κ3) is 3.78. The number of halogens is 3. The Morgan fingerprint density at radius 3 is 2.74 bits per heavy atom. The van der Waals surface area contributed by atoms with Crippen molar-refractivity contribution >= 4 is 33.4 Å². The highest BCUT2D eigenvalue weighted by molar-refractivity contribution is 9.10. The highest BCUT2D eigenvalue weighted by atomic mass is 79.9. The maximum Gasteiger partial charge on any atom is 0.251 e. The van der Waals surface area contributed by atoms with Gasteiger partial charge in [0.15, 0.2) is 0 Å². The molecule has 0 atom stereocenters. The third-order valence-corrected chi connectivity index (χ3v) is 3.76. The van der Waals surface area contributed by atoms with Crippen LogP contribution in [0.5, 0.6) is 0 Å². The van der Waals surface area contributed by atoms with E-state index >= 15 is 0 Å². The van der Waals surface area contributed by atoms with Gasteiger partial charge in [0, 0.05) is 16.6 Å². The second-order valence-corrected chi connectivity index (χ2v) is 5.20. The van der Waals surface area contributed by atoms with Crippen molar-refractivity contribution in [3.05, 3.63) is 68.9 Å². The lowest BCUT2D eigenvalue weighted by Gasteiger charge is -2.06. The molecule has 0 saturated heterocycles. The summed E-state index contributed by atoms with van der Waals surface area (Å²) in [6, 6.07) is 11.0. The van der Waals surface area contributed by atoms with Crippen molar-refractivity contribution in [2.24, 2.45) is 0 Å². The first-order chi connectivity index (χ1) is 9.06. The van der Waals surface area contributed by atoms with Gasteiger partial charge in [-0.3, -0.25) is 4.79 Å². The van der Waals surface area contributed by atoms with Gasteiger partial charge in [-0.2, -0.15) is 0 Å². The number of amides is 1. The molecule has 0 radical (unpaired) electrons. The van der Waals surface area contributed by atoms with Gasteiger partial charge in [0.25, 0.3) is 5.91 Å². The monoisotopic (exact) mass is 341 g/mol. The van der Waals surface area contributed by atoms with Gasteiger partial charge >= 0.3 is 0 Å². The van der Waals surface area contributed by atoms with Gasteiger partial charge in [0.05, 0.1) is 5.02 Å². The van der Waals surface area contributed by atoms with Gasteiger partial charge in [0.1, 0.15) is 5.82 Å².